The van der Waals surface area contributed by atoms with E-state index in [2.05, 4.69) is 43.1 Å². The van der Waals surface area contributed by atoms with Gasteiger partial charge in [0.25, 0.3) is 0 Å². The van der Waals surface area contributed by atoms with E-state index in [1.165, 1.54) is 5.56 Å². The summed E-state index contributed by atoms with van der Waals surface area (Å²) in [6, 6.07) is 6.28. The molecule has 0 spiro atoms. The molecule has 0 N–H and O–H groups in total. The fourth-order valence-electron chi connectivity index (χ4n) is 3.14. The molecule has 1 aliphatic heterocycles. The van der Waals surface area contributed by atoms with Gasteiger partial charge in [-0.1, -0.05) is 0 Å². The van der Waals surface area contributed by atoms with Gasteiger partial charge in [0.05, 0.1) is 5.69 Å². The van der Waals surface area contributed by atoms with Crippen LogP contribution >= 0.6 is 0 Å². The molecule has 0 bridgehead atoms. The largest absolute Gasteiger partial charge is 0.352 e. The van der Waals surface area contributed by atoms with Crippen molar-refractivity contribution in [3.05, 3.63) is 54.2 Å². The van der Waals surface area contributed by atoms with Gasteiger partial charge in [-0.05, 0) is 30.7 Å². The van der Waals surface area contributed by atoms with Crippen molar-refractivity contribution in [3.63, 3.8) is 0 Å². The fraction of sp³-hybridized carbons (Fsp3) is 0.353. The average Bonchev–Trinajstić information content (AvgIpc) is 2.97. The predicted octanol–water partition coefficient (Wildman–Crippen LogP) is 1.75. The zero-order valence-electron chi connectivity index (χ0n) is 13.3. The second-order valence-corrected chi connectivity index (χ2v) is 5.99. The third kappa shape index (κ3) is 2.90. The van der Waals surface area contributed by atoms with Crippen molar-refractivity contribution >= 4 is 11.3 Å². The molecular weight excluding hydrogens is 288 g/mol. The number of rotatable bonds is 3. The normalized spacial score (nSPS) is 16.1. The Hall–Kier alpha value is -2.47. The number of hydrogen-bond donors (Lipinski definition) is 0. The van der Waals surface area contributed by atoms with Crippen molar-refractivity contribution < 1.29 is 0 Å². The lowest BCUT2D eigenvalue weighted by Gasteiger charge is -2.35. The van der Waals surface area contributed by atoms with Gasteiger partial charge in [-0.2, -0.15) is 5.10 Å². The summed E-state index contributed by atoms with van der Waals surface area (Å²) in [6.07, 6.45) is 7.46. The maximum absolute atomic E-state index is 4.59. The topological polar surface area (TPSA) is 49.6 Å². The van der Waals surface area contributed by atoms with E-state index in [0.29, 0.717) is 0 Å². The SMILES string of the molecule is Cc1cc2c(N3CCN(Cc4ccncc4)CC3)nccn2n1. The lowest BCUT2D eigenvalue weighted by atomic mass is 10.2. The van der Waals surface area contributed by atoms with Gasteiger partial charge >= 0.3 is 0 Å². The molecule has 0 amide bonds. The summed E-state index contributed by atoms with van der Waals surface area (Å²) in [5.74, 6) is 1.04. The fourth-order valence-corrected chi connectivity index (χ4v) is 3.14. The minimum absolute atomic E-state index is 0.986. The van der Waals surface area contributed by atoms with Crippen LogP contribution in [0.5, 0.6) is 0 Å². The number of hydrogen-bond acceptors (Lipinski definition) is 5. The van der Waals surface area contributed by atoms with Crippen molar-refractivity contribution in [2.45, 2.75) is 13.5 Å². The van der Waals surface area contributed by atoms with E-state index in [9.17, 15) is 0 Å². The highest BCUT2D eigenvalue weighted by Crippen LogP contribution is 2.21. The van der Waals surface area contributed by atoms with E-state index in [0.717, 1.165) is 49.8 Å². The molecular formula is C17H20N6. The summed E-state index contributed by atoms with van der Waals surface area (Å²) in [4.78, 5) is 13.5. The van der Waals surface area contributed by atoms with Gasteiger partial charge < -0.3 is 4.90 Å². The second kappa shape index (κ2) is 5.96. The molecule has 0 aliphatic carbocycles. The first-order valence-electron chi connectivity index (χ1n) is 7.97. The Balaban J connectivity index is 1.46. The third-order valence-electron chi connectivity index (χ3n) is 4.32. The second-order valence-electron chi connectivity index (χ2n) is 5.99. The number of piperazine rings is 1. The molecule has 0 saturated carbocycles. The Labute approximate surface area is 135 Å². The summed E-state index contributed by atoms with van der Waals surface area (Å²) in [6.45, 7) is 7.06. The van der Waals surface area contributed by atoms with E-state index in [1.807, 2.05) is 36.2 Å². The van der Waals surface area contributed by atoms with Crippen LogP contribution in [0.25, 0.3) is 5.52 Å². The molecule has 1 saturated heterocycles. The molecule has 3 aromatic heterocycles. The summed E-state index contributed by atoms with van der Waals surface area (Å²) in [5, 5.41) is 4.47. The summed E-state index contributed by atoms with van der Waals surface area (Å²) < 4.78 is 1.92. The van der Waals surface area contributed by atoms with Crippen LogP contribution in [0, 0.1) is 6.92 Å². The van der Waals surface area contributed by atoms with Crippen LogP contribution in [-0.4, -0.2) is 50.7 Å². The smallest absolute Gasteiger partial charge is 0.154 e. The van der Waals surface area contributed by atoms with Gasteiger partial charge in [0.2, 0.25) is 0 Å². The van der Waals surface area contributed by atoms with Gasteiger partial charge in [-0.15, -0.1) is 0 Å². The Morgan fingerprint density at radius 3 is 2.61 bits per heavy atom. The van der Waals surface area contributed by atoms with Gasteiger partial charge in [-0.3, -0.25) is 9.88 Å². The molecule has 4 heterocycles. The first-order valence-corrected chi connectivity index (χ1v) is 7.97. The van der Waals surface area contributed by atoms with Crippen molar-refractivity contribution in [1.29, 1.82) is 0 Å². The van der Waals surface area contributed by atoms with Crippen LogP contribution in [0.15, 0.2) is 43.0 Å². The Morgan fingerprint density at radius 2 is 1.83 bits per heavy atom. The Kier molecular flexibility index (Phi) is 3.67. The highest BCUT2D eigenvalue weighted by molar-refractivity contribution is 5.69. The summed E-state index contributed by atoms with van der Waals surface area (Å²) in [7, 11) is 0. The number of nitrogens with zero attached hydrogens (tertiary/aromatic N) is 6. The first kappa shape index (κ1) is 14.1. The van der Waals surface area contributed by atoms with Crippen molar-refractivity contribution in [1.82, 2.24) is 24.5 Å². The van der Waals surface area contributed by atoms with Gasteiger partial charge in [0, 0.05) is 57.5 Å². The quantitative estimate of drug-likeness (QED) is 0.738. The zero-order valence-corrected chi connectivity index (χ0v) is 13.3. The molecule has 4 rings (SSSR count). The monoisotopic (exact) mass is 308 g/mol. The maximum Gasteiger partial charge on any atom is 0.154 e. The molecule has 23 heavy (non-hydrogen) atoms. The van der Waals surface area contributed by atoms with Crippen molar-refractivity contribution in [2.75, 3.05) is 31.1 Å². The summed E-state index contributed by atoms with van der Waals surface area (Å²) in [5.41, 5.74) is 3.43. The highest BCUT2D eigenvalue weighted by Gasteiger charge is 2.20. The predicted molar refractivity (Wildman–Crippen MR) is 89.5 cm³/mol. The molecule has 6 heteroatoms. The van der Waals surface area contributed by atoms with Crippen LogP contribution in [-0.2, 0) is 6.54 Å². The molecule has 0 unspecified atom stereocenters. The molecule has 0 radical (unpaired) electrons. The van der Waals surface area contributed by atoms with Crippen LogP contribution in [0.4, 0.5) is 5.82 Å². The van der Waals surface area contributed by atoms with E-state index in [-0.39, 0.29) is 0 Å². The maximum atomic E-state index is 4.59. The first-order chi connectivity index (χ1) is 11.3. The van der Waals surface area contributed by atoms with Gasteiger partial charge in [0.15, 0.2) is 5.82 Å². The van der Waals surface area contributed by atoms with E-state index < -0.39 is 0 Å². The zero-order chi connectivity index (χ0) is 15.6. The molecule has 0 atom stereocenters. The molecule has 6 nitrogen and oxygen atoms in total. The number of anilines is 1. The van der Waals surface area contributed by atoms with Crippen LogP contribution < -0.4 is 4.90 Å². The highest BCUT2D eigenvalue weighted by atomic mass is 15.3. The lowest BCUT2D eigenvalue weighted by molar-refractivity contribution is 0.249. The number of aromatic nitrogens is 4. The Morgan fingerprint density at radius 1 is 1.04 bits per heavy atom. The van der Waals surface area contributed by atoms with E-state index in [1.54, 1.807) is 0 Å². The van der Waals surface area contributed by atoms with Crippen LogP contribution in [0.1, 0.15) is 11.3 Å². The van der Waals surface area contributed by atoms with Crippen LogP contribution in [0.2, 0.25) is 0 Å². The summed E-state index contributed by atoms with van der Waals surface area (Å²) >= 11 is 0. The minimum atomic E-state index is 0.986. The lowest BCUT2D eigenvalue weighted by Crippen LogP contribution is -2.46. The number of pyridine rings is 1. The van der Waals surface area contributed by atoms with Gasteiger partial charge in [-0.25, -0.2) is 9.50 Å². The molecule has 1 fully saturated rings. The Bertz CT molecular complexity index is 789. The van der Waals surface area contributed by atoms with Gasteiger partial charge in [0.1, 0.15) is 5.52 Å². The van der Waals surface area contributed by atoms with Crippen molar-refractivity contribution in [3.8, 4) is 0 Å². The molecule has 0 aromatic carbocycles. The third-order valence-corrected chi connectivity index (χ3v) is 4.32. The minimum Gasteiger partial charge on any atom is -0.352 e. The van der Waals surface area contributed by atoms with E-state index >= 15 is 0 Å². The average molecular weight is 308 g/mol. The molecule has 3 aromatic rings. The van der Waals surface area contributed by atoms with E-state index in [4.69, 9.17) is 0 Å². The molecule has 118 valence electrons. The number of aryl methyl sites for hydroxylation is 1. The standard InChI is InChI=1S/C17H20N6/c1-14-12-16-17(19-6-7-23(16)20-14)22-10-8-21(9-11-22)13-15-2-4-18-5-3-15/h2-7,12H,8-11,13H2,1H3. The molecule has 1 aliphatic rings. The van der Waals surface area contributed by atoms with Crippen LogP contribution in [0.3, 0.4) is 0 Å². The number of fused-ring (bicyclic) bond motifs is 1. The van der Waals surface area contributed by atoms with Crippen molar-refractivity contribution in [2.24, 2.45) is 0 Å².